The summed E-state index contributed by atoms with van der Waals surface area (Å²) in [6.07, 6.45) is -12.4. The second kappa shape index (κ2) is 18.8. The van der Waals surface area contributed by atoms with Crippen LogP contribution in [0.3, 0.4) is 0 Å². The predicted octanol–water partition coefficient (Wildman–Crippen LogP) is 0.612. The van der Waals surface area contributed by atoms with Gasteiger partial charge in [0.15, 0.2) is 18.9 Å². The van der Waals surface area contributed by atoms with E-state index in [4.69, 9.17) is 28.4 Å². The van der Waals surface area contributed by atoms with Crippen LogP contribution in [0, 0.1) is 45.3 Å². The molecule has 0 aromatic carbocycles. The molecule has 7 rings (SSSR count). The van der Waals surface area contributed by atoms with Crippen LogP contribution in [0.2, 0.25) is 0 Å². The highest BCUT2D eigenvalue weighted by atomic mass is 16.7. The highest BCUT2D eigenvalue weighted by Crippen LogP contribution is 2.76. The van der Waals surface area contributed by atoms with Crippen molar-refractivity contribution in [3.8, 4) is 0 Å². The molecule has 0 bridgehead atoms. The Balaban J connectivity index is 1.11. The number of aliphatic hydroxyl groups excluding tert-OH is 11. The minimum atomic E-state index is -1.68. The van der Waals surface area contributed by atoms with E-state index in [0.717, 1.165) is 37.7 Å². The minimum absolute atomic E-state index is 0.149. The van der Waals surface area contributed by atoms with Crippen molar-refractivity contribution < 1.29 is 84.6 Å². The molecular formula is C47H80O17. The van der Waals surface area contributed by atoms with Crippen molar-refractivity contribution in [2.45, 2.75) is 217 Å². The van der Waals surface area contributed by atoms with Crippen LogP contribution in [0.1, 0.15) is 113 Å². The van der Waals surface area contributed by atoms with Crippen molar-refractivity contribution in [3.05, 3.63) is 11.6 Å². The summed E-state index contributed by atoms with van der Waals surface area (Å²) in [4.78, 5) is 0. The lowest BCUT2D eigenvalue weighted by atomic mass is 9.35. The van der Waals surface area contributed by atoms with Crippen molar-refractivity contribution in [2.24, 2.45) is 45.3 Å². The average Bonchev–Trinajstić information content (AvgIpc) is 3.62. The molecule has 17 nitrogen and oxygen atoms in total. The molecule has 11 N–H and O–H groups in total. The highest BCUT2D eigenvalue weighted by molar-refractivity contribution is 5.20. The smallest absolute Gasteiger partial charge is 0.187 e. The van der Waals surface area contributed by atoms with Gasteiger partial charge in [-0.3, -0.25) is 0 Å². The van der Waals surface area contributed by atoms with Crippen LogP contribution in [0.5, 0.6) is 0 Å². The molecule has 0 amide bonds. The topological polar surface area (TPSA) is 278 Å². The van der Waals surface area contributed by atoms with Crippen LogP contribution in [0.25, 0.3) is 0 Å². The van der Waals surface area contributed by atoms with Gasteiger partial charge in [-0.05, 0) is 124 Å². The van der Waals surface area contributed by atoms with Gasteiger partial charge in [-0.25, -0.2) is 0 Å². The van der Waals surface area contributed by atoms with E-state index in [9.17, 15) is 56.2 Å². The summed E-state index contributed by atoms with van der Waals surface area (Å²) in [6, 6.07) is 0. The van der Waals surface area contributed by atoms with E-state index in [1.807, 2.05) is 20.8 Å². The Labute approximate surface area is 377 Å². The highest BCUT2D eigenvalue weighted by Gasteiger charge is 2.72. The van der Waals surface area contributed by atoms with Crippen molar-refractivity contribution >= 4 is 0 Å². The third-order valence-electron chi connectivity index (χ3n) is 18.4. The van der Waals surface area contributed by atoms with Crippen LogP contribution in [0.15, 0.2) is 11.6 Å². The molecule has 64 heavy (non-hydrogen) atoms. The molecule has 370 valence electrons. The summed E-state index contributed by atoms with van der Waals surface area (Å²) in [6.45, 7) is 16.3. The lowest BCUT2D eigenvalue weighted by molar-refractivity contribution is -0.346. The molecule has 3 heterocycles. The van der Waals surface area contributed by atoms with Crippen molar-refractivity contribution in [2.75, 3.05) is 19.8 Å². The van der Waals surface area contributed by atoms with E-state index in [1.165, 1.54) is 0 Å². The van der Waals surface area contributed by atoms with E-state index in [0.29, 0.717) is 25.7 Å². The third-order valence-corrected chi connectivity index (χ3v) is 18.4. The predicted molar refractivity (Wildman–Crippen MR) is 228 cm³/mol. The summed E-state index contributed by atoms with van der Waals surface area (Å²) >= 11 is 0. The summed E-state index contributed by atoms with van der Waals surface area (Å²) in [5, 5.41) is 118. The van der Waals surface area contributed by atoms with Gasteiger partial charge in [-0.1, -0.05) is 46.3 Å². The minimum Gasteiger partial charge on any atom is -0.394 e. The summed E-state index contributed by atoms with van der Waals surface area (Å²) in [7, 11) is 0. The van der Waals surface area contributed by atoms with Gasteiger partial charge in [0.05, 0.1) is 37.6 Å². The maximum atomic E-state index is 12.7. The van der Waals surface area contributed by atoms with E-state index < -0.39 is 116 Å². The normalized spacial score (nSPS) is 52.5. The molecule has 0 aromatic rings. The molecule has 0 radical (unpaired) electrons. The van der Waals surface area contributed by atoms with E-state index >= 15 is 0 Å². The van der Waals surface area contributed by atoms with Gasteiger partial charge in [-0.15, -0.1) is 0 Å². The zero-order chi connectivity index (χ0) is 47.1. The SMILES string of the molecule is CC(C)=CCCC(C)(O[C@@H]1O[C@H](CO[C@H]2OC[C@@H](O)[C@H](O)[C@H]2O)[C@@H](O)[C@@H](O)[C@H]1O)C1CCC2(C)C1C(O)CC1C3(C)CCC(O[C@@H]4O[C@H](CO)[C@@H](O)[C@@H](O)[C@H]4O)C(C)(C)C3CCC12C. The van der Waals surface area contributed by atoms with Gasteiger partial charge < -0.3 is 84.6 Å². The van der Waals surface area contributed by atoms with Crippen LogP contribution in [0.4, 0.5) is 0 Å². The Morgan fingerprint density at radius 2 is 1.28 bits per heavy atom. The fraction of sp³-hybridized carbons (Fsp3) is 0.957. The molecule has 3 saturated heterocycles. The van der Waals surface area contributed by atoms with Gasteiger partial charge in [0.2, 0.25) is 0 Å². The van der Waals surface area contributed by atoms with Gasteiger partial charge in [0, 0.05) is 0 Å². The van der Waals surface area contributed by atoms with Crippen molar-refractivity contribution in [1.82, 2.24) is 0 Å². The monoisotopic (exact) mass is 917 g/mol. The number of hydrogen-bond donors (Lipinski definition) is 11. The third kappa shape index (κ3) is 8.60. The van der Waals surface area contributed by atoms with Crippen LogP contribution < -0.4 is 0 Å². The maximum Gasteiger partial charge on any atom is 0.187 e. The summed E-state index contributed by atoms with van der Waals surface area (Å²) < 4.78 is 36.5. The first kappa shape index (κ1) is 50.9. The standard InChI is InChI=1S/C47H80O17/c1-22(2)10-9-14-47(8,64-42-39(58)36(55)34(53)27(62-42)21-60-40-37(56)32(51)25(50)20-59-40)23-11-16-46(7)31(23)24(49)18-29-44(5)15-13-30(43(3,4)28(44)12-17-45(29,46)6)63-41-38(57)35(54)33(52)26(19-48)61-41/h10,23-42,48-58H,9,11-21H2,1-8H3/t23?,24?,25-,26-,27-,28?,29?,30?,31?,32+,33-,34-,35-,36-,37-,38-,39-,40-,41+,42+,44?,45?,46?,47?/m1/s1. The van der Waals surface area contributed by atoms with Gasteiger partial charge >= 0.3 is 0 Å². The zero-order valence-corrected chi connectivity index (χ0v) is 39.0. The Bertz CT molecular complexity index is 1630. The summed E-state index contributed by atoms with van der Waals surface area (Å²) in [5.41, 5.74) is -0.948. The van der Waals surface area contributed by atoms with E-state index in [1.54, 1.807) is 0 Å². The number of allylic oxidation sites excluding steroid dienone is 2. The molecule has 3 aliphatic heterocycles. The molecule has 10 unspecified atom stereocenters. The van der Waals surface area contributed by atoms with Crippen LogP contribution >= 0.6 is 0 Å². The maximum absolute atomic E-state index is 12.7. The number of rotatable bonds is 12. The zero-order valence-electron chi connectivity index (χ0n) is 39.0. The molecule has 0 aromatic heterocycles. The Hall–Kier alpha value is -0.940. The quantitative estimate of drug-likeness (QED) is 0.0946. The first-order chi connectivity index (χ1) is 29.9. The van der Waals surface area contributed by atoms with E-state index in [-0.39, 0.29) is 52.6 Å². The Kier molecular flexibility index (Phi) is 14.9. The fourth-order valence-electron chi connectivity index (χ4n) is 14.5. The van der Waals surface area contributed by atoms with Gasteiger partial charge in [0.25, 0.3) is 0 Å². The molecule has 7 fully saturated rings. The molecule has 17 heteroatoms. The molecule has 4 saturated carbocycles. The number of aliphatic hydroxyl groups is 11. The van der Waals surface area contributed by atoms with Crippen LogP contribution in [-0.4, -0.2) is 180 Å². The van der Waals surface area contributed by atoms with Gasteiger partial charge in [0.1, 0.15) is 67.1 Å². The Morgan fingerprint density at radius 3 is 1.94 bits per heavy atom. The number of hydrogen-bond acceptors (Lipinski definition) is 17. The second-order valence-corrected chi connectivity index (χ2v) is 22.5. The average molecular weight is 917 g/mol. The number of fused-ring (bicyclic) bond motifs is 5. The van der Waals surface area contributed by atoms with Crippen LogP contribution in [-0.2, 0) is 28.4 Å². The fourth-order valence-corrected chi connectivity index (χ4v) is 14.5. The molecular weight excluding hydrogens is 836 g/mol. The largest absolute Gasteiger partial charge is 0.394 e. The molecule has 0 spiro atoms. The first-order valence-corrected chi connectivity index (χ1v) is 23.8. The lowest BCUT2D eigenvalue weighted by Gasteiger charge is -2.71. The number of ether oxygens (including phenoxy) is 6. The molecule has 24 atom stereocenters. The van der Waals surface area contributed by atoms with Gasteiger partial charge in [-0.2, -0.15) is 0 Å². The van der Waals surface area contributed by atoms with E-state index in [2.05, 4.69) is 40.7 Å². The second-order valence-electron chi connectivity index (χ2n) is 22.5. The lowest BCUT2D eigenvalue weighted by Crippen LogP contribution is -2.67. The van der Waals surface area contributed by atoms with Crippen molar-refractivity contribution in [3.63, 3.8) is 0 Å². The first-order valence-electron chi connectivity index (χ1n) is 23.8. The van der Waals surface area contributed by atoms with Crippen molar-refractivity contribution in [1.29, 1.82) is 0 Å². The summed E-state index contributed by atoms with van der Waals surface area (Å²) in [5.74, 6) is -0.0478. The molecule has 4 aliphatic carbocycles. The molecule has 7 aliphatic rings. The Morgan fingerprint density at radius 1 is 0.672 bits per heavy atom.